The summed E-state index contributed by atoms with van der Waals surface area (Å²) in [6.45, 7) is 4.07. The lowest BCUT2D eigenvalue weighted by atomic mass is 9.96. The predicted molar refractivity (Wildman–Crippen MR) is 97.4 cm³/mol. The maximum absolute atomic E-state index is 12.6. The number of carbonyl (C=O) groups excluding carboxylic acids is 1. The normalized spacial score (nSPS) is 17.3. The van der Waals surface area contributed by atoms with Gasteiger partial charge in [-0.1, -0.05) is 6.92 Å². The van der Waals surface area contributed by atoms with E-state index in [2.05, 4.69) is 5.32 Å². The molecular formula is C18H28N2O4S. The van der Waals surface area contributed by atoms with Crippen molar-refractivity contribution in [3.05, 3.63) is 24.3 Å². The highest BCUT2D eigenvalue weighted by Crippen LogP contribution is 2.21. The Balaban J connectivity index is 1.95. The topological polar surface area (TPSA) is 75.7 Å². The van der Waals surface area contributed by atoms with Crippen LogP contribution in [0.25, 0.3) is 0 Å². The molecule has 140 valence electrons. The maximum Gasteiger partial charge on any atom is 0.226 e. The third-order valence-electron chi connectivity index (χ3n) is 4.73. The maximum atomic E-state index is 12.6. The lowest BCUT2D eigenvalue weighted by molar-refractivity contribution is -0.135. The van der Waals surface area contributed by atoms with E-state index in [1.807, 2.05) is 7.05 Å². The second-order valence-electron chi connectivity index (χ2n) is 6.68. The number of nitrogens with one attached hydrogen (secondary N) is 1. The third kappa shape index (κ3) is 5.19. The van der Waals surface area contributed by atoms with E-state index in [0.717, 1.165) is 19.4 Å². The molecule has 1 N–H and O–H groups in total. The molecule has 2 rings (SSSR count). The van der Waals surface area contributed by atoms with E-state index in [9.17, 15) is 13.2 Å². The highest BCUT2D eigenvalue weighted by Gasteiger charge is 2.29. The first-order valence-electron chi connectivity index (χ1n) is 8.67. The molecule has 1 atom stereocenters. The lowest BCUT2D eigenvalue weighted by Gasteiger charge is -2.33. The Bertz CT molecular complexity index is 665. The molecule has 7 heteroatoms. The quantitative estimate of drug-likeness (QED) is 0.790. The third-order valence-corrected chi connectivity index (χ3v) is 6.66. The van der Waals surface area contributed by atoms with Crippen molar-refractivity contribution in [1.29, 1.82) is 0 Å². The fourth-order valence-corrected chi connectivity index (χ4v) is 4.78. The summed E-state index contributed by atoms with van der Waals surface area (Å²) in [6, 6.07) is 6.28. The average molecular weight is 368 g/mol. The number of amides is 1. The number of ether oxygens (including phenoxy) is 1. The monoisotopic (exact) mass is 368 g/mol. The van der Waals surface area contributed by atoms with Gasteiger partial charge in [0.2, 0.25) is 5.91 Å². The van der Waals surface area contributed by atoms with Crippen molar-refractivity contribution in [3.63, 3.8) is 0 Å². The van der Waals surface area contributed by atoms with Crippen LogP contribution >= 0.6 is 0 Å². The number of piperidine rings is 1. The molecule has 0 saturated carbocycles. The van der Waals surface area contributed by atoms with Gasteiger partial charge in [0.15, 0.2) is 9.84 Å². The highest BCUT2D eigenvalue weighted by atomic mass is 32.2. The molecule has 6 nitrogen and oxygen atoms in total. The number of methoxy groups -OCH3 is 1. The van der Waals surface area contributed by atoms with Crippen molar-refractivity contribution in [2.75, 3.05) is 39.5 Å². The molecule has 0 radical (unpaired) electrons. The SMILES string of the molecule is CNCC1CCN(C(=O)C(C)CS(=O)(=O)c2ccc(OC)cc2)CC1. The molecular weight excluding hydrogens is 340 g/mol. The van der Waals surface area contributed by atoms with Crippen LogP contribution in [-0.4, -0.2) is 58.8 Å². The lowest BCUT2D eigenvalue weighted by Crippen LogP contribution is -2.43. The van der Waals surface area contributed by atoms with Crippen molar-refractivity contribution in [1.82, 2.24) is 10.2 Å². The van der Waals surface area contributed by atoms with Crippen molar-refractivity contribution in [2.24, 2.45) is 11.8 Å². The van der Waals surface area contributed by atoms with Gasteiger partial charge in [0, 0.05) is 19.0 Å². The fourth-order valence-electron chi connectivity index (χ4n) is 3.24. The van der Waals surface area contributed by atoms with E-state index in [0.29, 0.717) is 24.8 Å². The average Bonchev–Trinajstić information content (AvgIpc) is 2.61. The van der Waals surface area contributed by atoms with Crippen LogP contribution in [-0.2, 0) is 14.6 Å². The second-order valence-corrected chi connectivity index (χ2v) is 8.72. The minimum atomic E-state index is -3.50. The van der Waals surface area contributed by atoms with E-state index < -0.39 is 15.8 Å². The summed E-state index contributed by atoms with van der Waals surface area (Å²) < 4.78 is 30.1. The van der Waals surface area contributed by atoms with Crippen molar-refractivity contribution in [2.45, 2.75) is 24.7 Å². The second kappa shape index (κ2) is 8.67. The molecule has 1 fully saturated rings. The number of hydrogen-bond donors (Lipinski definition) is 1. The molecule has 1 unspecified atom stereocenters. The van der Waals surface area contributed by atoms with Gasteiger partial charge in [0.05, 0.1) is 17.8 Å². The van der Waals surface area contributed by atoms with Crippen LogP contribution in [0.3, 0.4) is 0 Å². The van der Waals surface area contributed by atoms with E-state index in [1.54, 1.807) is 24.0 Å². The van der Waals surface area contributed by atoms with Gasteiger partial charge in [-0.25, -0.2) is 8.42 Å². The minimum absolute atomic E-state index is 0.0694. The number of likely N-dealkylation sites (tertiary alicyclic amines) is 1. The van der Waals surface area contributed by atoms with Crippen LogP contribution in [0, 0.1) is 11.8 Å². The summed E-state index contributed by atoms with van der Waals surface area (Å²) in [5.74, 6) is 0.405. The van der Waals surface area contributed by atoms with Crippen LogP contribution in [0.5, 0.6) is 5.75 Å². The summed E-state index contributed by atoms with van der Waals surface area (Å²) in [5, 5.41) is 3.17. The summed E-state index contributed by atoms with van der Waals surface area (Å²) in [5.41, 5.74) is 0. The van der Waals surface area contributed by atoms with Crippen molar-refractivity contribution < 1.29 is 17.9 Å². The van der Waals surface area contributed by atoms with E-state index in [-0.39, 0.29) is 16.6 Å². The standard InChI is InChI=1S/C18H28N2O4S/c1-14(18(21)20-10-8-15(9-11-20)12-19-2)13-25(22,23)17-6-4-16(24-3)5-7-17/h4-7,14-15,19H,8-13H2,1-3H3. The number of rotatable bonds is 7. The van der Waals surface area contributed by atoms with Crippen LogP contribution < -0.4 is 10.1 Å². The zero-order chi connectivity index (χ0) is 18.4. The summed E-state index contributed by atoms with van der Waals surface area (Å²) in [7, 11) is -0.0347. The Hall–Kier alpha value is -1.60. The minimum Gasteiger partial charge on any atom is -0.497 e. The number of benzene rings is 1. The molecule has 1 amide bonds. The molecule has 1 saturated heterocycles. The molecule has 0 bridgehead atoms. The highest BCUT2D eigenvalue weighted by molar-refractivity contribution is 7.91. The van der Waals surface area contributed by atoms with Gasteiger partial charge < -0.3 is 15.0 Å². The van der Waals surface area contributed by atoms with E-state index in [4.69, 9.17) is 4.74 Å². The smallest absolute Gasteiger partial charge is 0.226 e. The van der Waals surface area contributed by atoms with Crippen molar-refractivity contribution >= 4 is 15.7 Å². The predicted octanol–water partition coefficient (Wildman–Crippen LogP) is 1.56. The van der Waals surface area contributed by atoms with Gasteiger partial charge in [0.1, 0.15) is 5.75 Å². The summed E-state index contributed by atoms with van der Waals surface area (Å²) in [6.07, 6.45) is 1.93. The Kier molecular flexibility index (Phi) is 6.84. The van der Waals surface area contributed by atoms with Crippen LogP contribution in [0.2, 0.25) is 0 Å². The van der Waals surface area contributed by atoms with Crippen LogP contribution in [0.1, 0.15) is 19.8 Å². The molecule has 25 heavy (non-hydrogen) atoms. The number of carbonyl (C=O) groups is 1. The zero-order valence-corrected chi connectivity index (χ0v) is 16.0. The molecule has 1 aliphatic heterocycles. The molecule has 0 aromatic heterocycles. The Morgan fingerprint density at radius 1 is 1.28 bits per heavy atom. The Labute approximate surface area is 150 Å². The molecule has 0 spiro atoms. The largest absolute Gasteiger partial charge is 0.497 e. The first kappa shape index (κ1) is 19.7. The fraction of sp³-hybridized carbons (Fsp3) is 0.611. The summed E-state index contributed by atoms with van der Waals surface area (Å²) >= 11 is 0. The first-order valence-corrected chi connectivity index (χ1v) is 10.3. The zero-order valence-electron chi connectivity index (χ0n) is 15.2. The van der Waals surface area contributed by atoms with E-state index >= 15 is 0 Å². The Morgan fingerprint density at radius 3 is 2.40 bits per heavy atom. The molecule has 1 aromatic carbocycles. The van der Waals surface area contributed by atoms with Gasteiger partial charge in [-0.3, -0.25) is 4.79 Å². The van der Waals surface area contributed by atoms with Crippen LogP contribution in [0.4, 0.5) is 0 Å². The number of sulfone groups is 1. The first-order chi connectivity index (χ1) is 11.9. The molecule has 0 aliphatic carbocycles. The van der Waals surface area contributed by atoms with Gasteiger partial charge in [-0.2, -0.15) is 0 Å². The number of nitrogens with zero attached hydrogens (tertiary/aromatic N) is 1. The molecule has 1 aromatic rings. The van der Waals surface area contributed by atoms with Gasteiger partial charge in [0.25, 0.3) is 0 Å². The summed E-state index contributed by atoms with van der Waals surface area (Å²) in [4.78, 5) is 14.6. The van der Waals surface area contributed by atoms with Crippen LogP contribution in [0.15, 0.2) is 29.2 Å². The number of hydrogen-bond acceptors (Lipinski definition) is 5. The Morgan fingerprint density at radius 2 is 1.88 bits per heavy atom. The van der Waals surface area contributed by atoms with E-state index in [1.165, 1.54) is 19.2 Å². The van der Waals surface area contributed by atoms with Crippen molar-refractivity contribution in [3.8, 4) is 5.75 Å². The molecule has 1 heterocycles. The van der Waals surface area contributed by atoms with Gasteiger partial charge in [-0.15, -0.1) is 0 Å². The molecule has 1 aliphatic rings. The van der Waals surface area contributed by atoms with Gasteiger partial charge in [-0.05, 0) is 56.6 Å². The van der Waals surface area contributed by atoms with Gasteiger partial charge >= 0.3 is 0 Å².